The minimum Gasteiger partial charge on any atom is -0.341 e. The summed E-state index contributed by atoms with van der Waals surface area (Å²) in [6.45, 7) is 1.66. The molecule has 0 spiro atoms. The average molecular weight is 582 g/mol. The summed E-state index contributed by atoms with van der Waals surface area (Å²) in [5.74, 6) is 0.502. The second kappa shape index (κ2) is 11.8. The van der Waals surface area contributed by atoms with Crippen molar-refractivity contribution in [2.45, 2.75) is 51.0 Å². The van der Waals surface area contributed by atoms with E-state index in [1.54, 1.807) is 42.1 Å². The molecule has 6 rings (SSSR count). The molecular formula is C32H32ClN7O2. The van der Waals surface area contributed by atoms with Crippen LogP contribution in [0.3, 0.4) is 0 Å². The van der Waals surface area contributed by atoms with Gasteiger partial charge in [0, 0.05) is 35.8 Å². The predicted octanol–water partition coefficient (Wildman–Crippen LogP) is 6.28. The van der Waals surface area contributed by atoms with Gasteiger partial charge >= 0.3 is 0 Å². The fourth-order valence-corrected chi connectivity index (χ4v) is 5.79. The molecule has 1 saturated carbocycles. The van der Waals surface area contributed by atoms with Gasteiger partial charge in [-0.05, 0) is 73.3 Å². The van der Waals surface area contributed by atoms with Gasteiger partial charge in [0.2, 0.25) is 11.2 Å². The molecule has 0 unspecified atom stereocenters. The number of benzene rings is 2. The molecule has 2 aromatic carbocycles. The Morgan fingerprint density at radius 1 is 1.00 bits per heavy atom. The van der Waals surface area contributed by atoms with Crippen molar-refractivity contribution in [3.8, 4) is 17.1 Å². The molecular weight excluding hydrogens is 550 g/mol. The number of fused-ring (bicyclic) bond motifs is 1. The third-order valence-corrected chi connectivity index (χ3v) is 8.30. The lowest BCUT2D eigenvalue weighted by atomic mass is 9.85. The van der Waals surface area contributed by atoms with Gasteiger partial charge < -0.3 is 15.2 Å². The first-order chi connectivity index (χ1) is 20.4. The second-order valence-corrected chi connectivity index (χ2v) is 11.1. The minimum atomic E-state index is -0.757. The summed E-state index contributed by atoms with van der Waals surface area (Å²) < 4.78 is 3.72. The fourth-order valence-electron chi connectivity index (χ4n) is 5.65. The smallest absolute Gasteiger partial charge is 0.251 e. The van der Waals surface area contributed by atoms with Crippen LogP contribution in [-0.2, 0) is 11.8 Å². The topological polar surface area (TPSA) is 107 Å². The van der Waals surface area contributed by atoms with E-state index in [0.29, 0.717) is 22.5 Å². The number of imidazole rings is 1. The van der Waals surface area contributed by atoms with Gasteiger partial charge in [0.15, 0.2) is 5.82 Å². The van der Waals surface area contributed by atoms with Crippen LogP contribution in [0.2, 0.25) is 5.28 Å². The number of amides is 2. The van der Waals surface area contributed by atoms with Gasteiger partial charge in [-0.1, -0.05) is 43.5 Å². The third kappa shape index (κ3) is 5.52. The van der Waals surface area contributed by atoms with Crippen LogP contribution in [0.5, 0.6) is 0 Å². The molecule has 214 valence electrons. The van der Waals surface area contributed by atoms with Crippen molar-refractivity contribution in [2.24, 2.45) is 7.05 Å². The summed E-state index contributed by atoms with van der Waals surface area (Å²) in [7, 11) is 1.84. The quantitative estimate of drug-likeness (QED) is 0.235. The van der Waals surface area contributed by atoms with Crippen LogP contribution in [-0.4, -0.2) is 42.2 Å². The molecule has 1 atom stereocenters. The first-order valence-electron chi connectivity index (χ1n) is 14.2. The van der Waals surface area contributed by atoms with Gasteiger partial charge in [-0.3, -0.25) is 9.59 Å². The molecule has 3 aromatic heterocycles. The van der Waals surface area contributed by atoms with Crippen LogP contribution in [0.15, 0.2) is 73.1 Å². The first-order valence-corrected chi connectivity index (χ1v) is 14.6. The molecule has 42 heavy (non-hydrogen) atoms. The van der Waals surface area contributed by atoms with Crippen LogP contribution >= 0.6 is 11.6 Å². The van der Waals surface area contributed by atoms with E-state index in [1.807, 2.05) is 54.2 Å². The highest BCUT2D eigenvalue weighted by Crippen LogP contribution is 2.37. The largest absolute Gasteiger partial charge is 0.341 e. The number of halogens is 1. The zero-order chi connectivity index (χ0) is 29.2. The summed E-state index contributed by atoms with van der Waals surface area (Å²) in [6.07, 6.45) is 9.35. The molecule has 1 fully saturated rings. The molecule has 1 aliphatic rings. The van der Waals surface area contributed by atoms with Gasteiger partial charge in [-0.2, -0.15) is 5.10 Å². The van der Waals surface area contributed by atoms with Crippen LogP contribution in [0.1, 0.15) is 61.0 Å². The molecule has 0 saturated heterocycles. The van der Waals surface area contributed by atoms with Gasteiger partial charge in [0.05, 0.1) is 23.1 Å². The van der Waals surface area contributed by atoms with E-state index in [9.17, 15) is 9.59 Å². The highest BCUT2D eigenvalue weighted by molar-refractivity contribution is 6.28. The zero-order valence-electron chi connectivity index (χ0n) is 23.5. The zero-order valence-corrected chi connectivity index (χ0v) is 24.3. The number of hydrogen-bond donors (Lipinski definition) is 2. The lowest BCUT2D eigenvalue weighted by Crippen LogP contribution is -2.41. The van der Waals surface area contributed by atoms with E-state index in [4.69, 9.17) is 16.7 Å². The van der Waals surface area contributed by atoms with E-state index in [-0.39, 0.29) is 11.8 Å². The lowest BCUT2D eigenvalue weighted by molar-refractivity contribution is -0.117. The molecule has 2 N–H and O–H groups in total. The molecule has 0 aliphatic heterocycles. The first kappa shape index (κ1) is 27.7. The average Bonchev–Trinajstić information content (AvgIpc) is 3.57. The van der Waals surface area contributed by atoms with Crippen molar-refractivity contribution >= 4 is 40.0 Å². The van der Waals surface area contributed by atoms with E-state index < -0.39 is 6.04 Å². The number of nitrogens with zero attached hydrogens (tertiary/aromatic N) is 5. The number of pyridine rings is 1. The Morgan fingerprint density at radius 3 is 2.48 bits per heavy atom. The van der Waals surface area contributed by atoms with Crippen molar-refractivity contribution < 1.29 is 9.59 Å². The highest BCUT2D eigenvalue weighted by atomic mass is 35.5. The second-order valence-electron chi connectivity index (χ2n) is 10.8. The maximum atomic E-state index is 13.2. The van der Waals surface area contributed by atoms with Gasteiger partial charge in [0.25, 0.3) is 5.91 Å². The number of anilines is 1. The maximum Gasteiger partial charge on any atom is 0.251 e. The number of rotatable bonds is 7. The number of carbonyl (C=O) groups excluding carboxylic acids is 2. The Bertz CT molecular complexity index is 1740. The molecule has 1 aliphatic carbocycles. The van der Waals surface area contributed by atoms with Crippen LogP contribution in [0.4, 0.5) is 5.69 Å². The van der Waals surface area contributed by atoms with Crippen LogP contribution in [0, 0.1) is 0 Å². The molecule has 0 bridgehead atoms. The van der Waals surface area contributed by atoms with Crippen molar-refractivity contribution in [2.75, 3.05) is 5.32 Å². The van der Waals surface area contributed by atoms with Crippen molar-refractivity contribution in [1.29, 1.82) is 0 Å². The molecule has 10 heteroatoms. The SMILES string of the molecule is C[C@@H](NC(=O)c1ccc2c(C3CCCCC3)n(-c3ccccn3)nc2c1)C(=O)Nc1ccc(-c2cnc(Cl)n2C)cc1. The Labute approximate surface area is 248 Å². The molecule has 3 heterocycles. The number of nitrogens with one attached hydrogen (secondary N) is 2. The minimum absolute atomic E-state index is 0.320. The number of aromatic nitrogens is 5. The van der Waals surface area contributed by atoms with E-state index in [2.05, 4.69) is 20.6 Å². The van der Waals surface area contributed by atoms with Gasteiger partial charge in [0.1, 0.15) is 6.04 Å². The summed E-state index contributed by atoms with van der Waals surface area (Å²) >= 11 is 6.05. The Hall–Kier alpha value is -4.50. The van der Waals surface area contributed by atoms with Gasteiger partial charge in [-0.15, -0.1) is 0 Å². The summed E-state index contributed by atoms with van der Waals surface area (Å²) in [5, 5.41) is 12.0. The van der Waals surface area contributed by atoms with Crippen LogP contribution in [0.25, 0.3) is 28.0 Å². The Morgan fingerprint density at radius 2 is 1.79 bits per heavy atom. The van der Waals surface area contributed by atoms with E-state index in [0.717, 1.165) is 46.5 Å². The number of carbonyl (C=O) groups is 2. The third-order valence-electron chi connectivity index (χ3n) is 7.95. The Kier molecular flexibility index (Phi) is 7.75. The van der Waals surface area contributed by atoms with Gasteiger partial charge in [-0.25, -0.2) is 14.6 Å². The summed E-state index contributed by atoms with van der Waals surface area (Å²) in [5.41, 5.74) is 4.74. The molecule has 9 nitrogen and oxygen atoms in total. The standard InChI is InChI=1S/C32H32ClN7O2/c1-20(30(41)37-24-14-11-21(12-15-24)27-19-35-32(33)39(27)2)36-31(42)23-13-16-25-26(18-23)38-40(28-10-6-7-17-34-28)29(25)22-8-4-3-5-9-22/h6-7,10-20,22H,3-5,8-9H2,1-2H3,(H,36,42)(H,37,41)/t20-/m1/s1. The van der Waals surface area contributed by atoms with Crippen molar-refractivity contribution in [1.82, 2.24) is 29.6 Å². The van der Waals surface area contributed by atoms with Crippen LogP contribution < -0.4 is 10.6 Å². The maximum absolute atomic E-state index is 13.2. The van der Waals surface area contributed by atoms with E-state index in [1.165, 1.54) is 19.3 Å². The van der Waals surface area contributed by atoms with Crippen molar-refractivity contribution in [3.05, 3.63) is 89.6 Å². The molecule has 2 amide bonds. The van der Waals surface area contributed by atoms with E-state index >= 15 is 0 Å². The lowest BCUT2D eigenvalue weighted by Gasteiger charge is -2.22. The fraction of sp³-hybridized carbons (Fsp3) is 0.281. The predicted molar refractivity (Wildman–Crippen MR) is 164 cm³/mol. The number of hydrogen-bond acceptors (Lipinski definition) is 5. The Balaban J connectivity index is 1.17. The summed E-state index contributed by atoms with van der Waals surface area (Å²) in [6, 6.07) is 18.0. The van der Waals surface area contributed by atoms with Crippen molar-refractivity contribution in [3.63, 3.8) is 0 Å². The molecule has 0 radical (unpaired) electrons. The molecule has 5 aromatic rings. The monoisotopic (exact) mass is 581 g/mol. The normalized spacial score (nSPS) is 14.5. The highest BCUT2D eigenvalue weighted by Gasteiger charge is 2.25. The summed E-state index contributed by atoms with van der Waals surface area (Å²) in [4.78, 5) is 34.8.